The van der Waals surface area contributed by atoms with E-state index in [1.807, 2.05) is 36.4 Å². The van der Waals surface area contributed by atoms with Crippen LogP contribution in [0.3, 0.4) is 0 Å². The van der Waals surface area contributed by atoms with Crippen LogP contribution in [0, 0.1) is 0 Å². The van der Waals surface area contributed by atoms with Crippen molar-refractivity contribution in [2.24, 2.45) is 0 Å². The first kappa shape index (κ1) is 22.5. The quantitative estimate of drug-likeness (QED) is 0.295. The summed E-state index contributed by atoms with van der Waals surface area (Å²) in [5, 5.41) is 24.5. The van der Waals surface area contributed by atoms with Gasteiger partial charge in [0, 0.05) is 28.8 Å². The first-order valence-electron chi connectivity index (χ1n) is 11.7. The number of fused-ring (bicyclic) bond motifs is 1. The maximum Gasteiger partial charge on any atom is 0.138 e. The van der Waals surface area contributed by atoms with Crippen molar-refractivity contribution in [1.29, 1.82) is 0 Å². The summed E-state index contributed by atoms with van der Waals surface area (Å²) in [5.74, 6) is 1.17. The van der Waals surface area contributed by atoms with E-state index in [1.165, 1.54) is 19.3 Å². The van der Waals surface area contributed by atoms with Crippen molar-refractivity contribution in [1.82, 2.24) is 10.3 Å². The number of phenolic OH excluding ortho intramolecular Hbond substituents is 2. The van der Waals surface area contributed by atoms with Crippen LogP contribution in [0.2, 0.25) is 5.02 Å². The summed E-state index contributed by atoms with van der Waals surface area (Å²) in [5.41, 5.74) is 4.28. The molecule has 3 N–H and O–H groups in total. The van der Waals surface area contributed by atoms with Gasteiger partial charge in [-0.25, -0.2) is 0 Å². The molecule has 34 heavy (non-hydrogen) atoms. The molecule has 1 aliphatic rings. The SMILES string of the molecule is Oc1ccc(-c2cc3c(OCCC4CCCCN4)c(-c4ccc(O)cc4)cnc3cc2Cl)cc1. The molecule has 1 unspecified atom stereocenters. The molecule has 3 aromatic carbocycles. The number of aromatic nitrogens is 1. The number of phenols is 2. The van der Waals surface area contributed by atoms with Crippen molar-refractivity contribution < 1.29 is 14.9 Å². The summed E-state index contributed by atoms with van der Waals surface area (Å²) >= 11 is 6.63. The van der Waals surface area contributed by atoms with E-state index in [9.17, 15) is 10.2 Å². The Labute approximate surface area is 204 Å². The molecule has 2 heterocycles. The van der Waals surface area contributed by atoms with Crippen LogP contribution in [-0.2, 0) is 0 Å². The molecular weight excluding hydrogens is 448 g/mol. The second kappa shape index (κ2) is 9.92. The van der Waals surface area contributed by atoms with E-state index in [4.69, 9.17) is 16.3 Å². The monoisotopic (exact) mass is 474 g/mol. The number of nitrogens with zero attached hydrogens (tertiary/aromatic N) is 1. The van der Waals surface area contributed by atoms with Crippen molar-refractivity contribution >= 4 is 22.5 Å². The number of piperidine rings is 1. The van der Waals surface area contributed by atoms with Crippen LogP contribution in [-0.4, -0.2) is 34.4 Å². The molecule has 0 amide bonds. The first-order chi connectivity index (χ1) is 16.6. The van der Waals surface area contributed by atoms with Crippen molar-refractivity contribution in [2.75, 3.05) is 13.2 Å². The average Bonchev–Trinajstić information content (AvgIpc) is 2.86. The van der Waals surface area contributed by atoms with E-state index in [-0.39, 0.29) is 11.5 Å². The Morgan fingerprint density at radius 2 is 1.59 bits per heavy atom. The first-order valence-corrected chi connectivity index (χ1v) is 12.0. The van der Waals surface area contributed by atoms with Gasteiger partial charge in [-0.1, -0.05) is 42.3 Å². The second-order valence-corrected chi connectivity index (χ2v) is 9.14. The fourth-order valence-corrected chi connectivity index (χ4v) is 4.79. The van der Waals surface area contributed by atoms with Gasteiger partial charge in [0.05, 0.1) is 17.1 Å². The molecule has 5 nitrogen and oxygen atoms in total. The second-order valence-electron chi connectivity index (χ2n) is 8.73. The number of ether oxygens (including phenoxy) is 1. The molecule has 1 saturated heterocycles. The highest BCUT2D eigenvalue weighted by molar-refractivity contribution is 6.34. The normalized spacial score (nSPS) is 16.0. The van der Waals surface area contributed by atoms with Crippen molar-refractivity contribution in [3.63, 3.8) is 0 Å². The Morgan fingerprint density at radius 3 is 2.24 bits per heavy atom. The van der Waals surface area contributed by atoms with Gasteiger partial charge in [-0.15, -0.1) is 0 Å². The smallest absolute Gasteiger partial charge is 0.138 e. The van der Waals surface area contributed by atoms with E-state index < -0.39 is 0 Å². The molecule has 1 aromatic heterocycles. The lowest BCUT2D eigenvalue weighted by Gasteiger charge is -2.24. The van der Waals surface area contributed by atoms with Crippen molar-refractivity contribution in [2.45, 2.75) is 31.7 Å². The molecule has 6 heteroatoms. The van der Waals surface area contributed by atoms with Gasteiger partial charge in [0.25, 0.3) is 0 Å². The Morgan fingerprint density at radius 1 is 0.912 bits per heavy atom. The van der Waals surface area contributed by atoms with E-state index in [1.54, 1.807) is 30.5 Å². The van der Waals surface area contributed by atoms with Gasteiger partial charge < -0.3 is 20.3 Å². The lowest BCUT2D eigenvalue weighted by molar-refractivity contribution is 0.271. The topological polar surface area (TPSA) is 74.6 Å². The maximum atomic E-state index is 9.76. The maximum absolute atomic E-state index is 9.76. The number of nitrogens with one attached hydrogen (secondary N) is 1. The highest BCUT2D eigenvalue weighted by Gasteiger charge is 2.18. The Hall–Kier alpha value is -3.28. The van der Waals surface area contributed by atoms with Gasteiger partial charge in [-0.2, -0.15) is 0 Å². The highest BCUT2D eigenvalue weighted by atomic mass is 35.5. The lowest BCUT2D eigenvalue weighted by atomic mass is 9.99. The van der Waals surface area contributed by atoms with Crippen LogP contribution in [0.5, 0.6) is 17.2 Å². The number of rotatable bonds is 6. The van der Waals surface area contributed by atoms with Crippen LogP contribution in [0.15, 0.2) is 66.9 Å². The number of hydrogen-bond donors (Lipinski definition) is 3. The summed E-state index contributed by atoms with van der Waals surface area (Å²) in [6, 6.07) is 18.4. The van der Waals surface area contributed by atoms with E-state index in [0.29, 0.717) is 17.7 Å². The molecule has 1 fully saturated rings. The largest absolute Gasteiger partial charge is 0.508 e. The zero-order valence-electron chi connectivity index (χ0n) is 18.8. The zero-order chi connectivity index (χ0) is 23.5. The molecule has 4 aromatic rings. The number of benzene rings is 3. The number of halogens is 1. The van der Waals surface area contributed by atoms with Gasteiger partial charge in [0.2, 0.25) is 0 Å². The predicted molar refractivity (Wildman–Crippen MR) is 137 cm³/mol. The Bertz CT molecular complexity index is 1280. The molecule has 174 valence electrons. The summed E-state index contributed by atoms with van der Waals surface area (Å²) in [6.45, 7) is 1.65. The van der Waals surface area contributed by atoms with Gasteiger partial charge in [-0.05, 0) is 73.3 Å². The average molecular weight is 475 g/mol. The van der Waals surface area contributed by atoms with Crippen LogP contribution in [0.1, 0.15) is 25.7 Å². The molecule has 0 bridgehead atoms. The molecule has 1 atom stereocenters. The minimum atomic E-state index is 0.206. The number of hydrogen-bond acceptors (Lipinski definition) is 5. The van der Waals surface area contributed by atoms with E-state index >= 15 is 0 Å². The van der Waals surface area contributed by atoms with Crippen LogP contribution in [0.25, 0.3) is 33.2 Å². The van der Waals surface area contributed by atoms with Gasteiger partial charge in [0.15, 0.2) is 0 Å². The summed E-state index contributed by atoms with van der Waals surface area (Å²) < 4.78 is 6.46. The minimum Gasteiger partial charge on any atom is -0.508 e. The fourth-order valence-electron chi connectivity index (χ4n) is 4.53. The molecule has 0 spiro atoms. The molecule has 0 saturated carbocycles. The standard InChI is InChI=1S/C28H27ClN2O3/c29-26-16-27-24(15-23(26)18-4-8-21(32)9-5-18)28(34-14-12-20-3-1-2-13-30-20)25(17-31-27)19-6-10-22(33)11-7-19/h4-11,15-17,20,30,32-33H,1-3,12-14H2. The molecular formula is C28H27ClN2O3. The fraction of sp³-hybridized carbons (Fsp3) is 0.250. The summed E-state index contributed by atoms with van der Waals surface area (Å²) in [6.07, 6.45) is 6.39. The Balaban J connectivity index is 1.58. The third-order valence-electron chi connectivity index (χ3n) is 6.39. The zero-order valence-corrected chi connectivity index (χ0v) is 19.6. The Kier molecular flexibility index (Phi) is 6.57. The molecule has 1 aliphatic heterocycles. The number of aromatic hydroxyl groups is 2. The van der Waals surface area contributed by atoms with Crippen LogP contribution < -0.4 is 10.1 Å². The molecule has 5 rings (SSSR count). The van der Waals surface area contributed by atoms with Crippen molar-refractivity contribution in [3.8, 4) is 39.5 Å². The van der Waals surface area contributed by atoms with Gasteiger partial charge >= 0.3 is 0 Å². The van der Waals surface area contributed by atoms with E-state index in [0.717, 1.165) is 51.9 Å². The third-order valence-corrected chi connectivity index (χ3v) is 6.70. The summed E-state index contributed by atoms with van der Waals surface area (Å²) in [7, 11) is 0. The predicted octanol–water partition coefficient (Wildman–Crippen LogP) is 6.54. The molecule has 0 radical (unpaired) electrons. The van der Waals surface area contributed by atoms with Crippen LogP contribution >= 0.6 is 11.6 Å². The van der Waals surface area contributed by atoms with Gasteiger partial charge in [-0.3, -0.25) is 4.98 Å². The highest BCUT2D eigenvalue weighted by Crippen LogP contribution is 2.40. The number of pyridine rings is 1. The van der Waals surface area contributed by atoms with Crippen molar-refractivity contribution in [3.05, 3.63) is 71.9 Å². The van der Waals surface area contributed by atoms with E-state index in [2.05, 4.69) is 10.3 Å². The minimum absolute atomic E-state index is 0.206. The third kappa shape index (κ3) is 4.81. The van der Waals surface area contributed by atoms with Crippen LogP contribution in [0.4, 0.5) is 0 Å². The lowest BCUT2D eigenvalue weighted by Crippen LogP contribution is -2.35. The molecule has 0 aliphatic carbocycles. The summed E-state index contributed by atoms with van der Waals surface area (Å²) in [4.78, 5) is 4.67. The van der Waals surface area contributed by atoms with Gasteiger partial charge in [0.1, 0.15) is 17.2 Å².